The first-order valence-electron chi connectivity index (χ1n) is 10.3. The molecular formula is C23H26N6O3. The summed E-state index contributed by atoms with van der Waals surface area (Å²) in [4.78, 5) is 32.1. The fourth-order valence-corrected chi connectivity index (χ4v) is 2.75. The molecule has 0 saturated carbocycles. The van der Waals surface area contributed by atoms with Gasteiger partial charge in [0, 0.05) is 50.8 Å². The molecule has 0 radical (unpaired) electrons. The Bertz CT molecular complexity index is 1040. The lowest BCUT2D eigenvalue weighted by molar-refractivity contribution is -0.119. The standard InChI is InChI=1S/C23H26N6O3/c1-17(30)24-11-12-25-20-16-21(29-23(28-20)18-6-3-2-4-7-18)26-13-14-27-22(31)10-9-19-8-5-15-32-19/h2-10,15-16H,11-14H2,1H3,(H,24,30)(H,27,31)(H2,25,26,28,29)/b10-9+. The number of furan rings is 1. The van der Waals surface area contributed by atoms with Crippen LogP contribution in [0, 0.1) is 0 Å². The molecule has 1 aromatic carbocycles. The third-order valence-corrected chi connectivity index (χ3v) is 4.24. The predicted octanol–water partition coefficient (Wildman–Crippen LogP) is 2.53. The lowest BCUT2D eigenvalue weighted by atomic mass is 10.2. The van der Waals surface area contributed by atoms with Crippen LogP contribution in [0.4, 0.5) is 11.6 Å². The van der Waals surface area contributed by atoms with Gasteiger partial charge in [-0.1, -0.05) is 30.3 Å². The van der Waals surface area contributed by atoms with Crippen molar-refractivity contribution in [2.45, 2.75) is 6.92 Å². The van der Waals surface area contributed by atoms with Crippen molar-refractivity contribution in [3.05, 3.63) is 66.6 Å². The molecule has 3 aromatic rings. The fourth-order valence-electron chi connectivity index (χ4n) is 2.75. The van der Waals surface area contributed by atoms with Gasteiger partial charge in [0.2, 0.25) is 11.8 Å². The first-order valence-corrected chi connectivity index (χ1v) is 10.3. The third-order valence-electron chi connectivity index (χ3n) is 4.24. The highest BCUT2D eigenvalue weighted by atomic mass is 16.3. The molecule has 0 aliphatic heterocycles. The summed E-state index contributed by atoms with van der Waals surface area (Å²) in [5.74, 6) is 2.16. The van der Waals surface area contributed by atoms with Gasteiger partial charge in [0.1, 0.15) is 17.4 Å². The predicted molar refractivity (Wildman–Crippen MR) is 124 cm³/mol. The molecule has 0 atom stereocenters. The molecule has 0 fully saturated rings. The average molecular weight is 435 g/mol. The number of hydrogen-bond acceptors (Lipinski definition) is 7. The van der Waals surface area contributed by atoms with Crippen LogP contribution in [0.25, 0.3) is 17.5 Å². The molecule has 0 aliphatic carbocycles. The van der Waals surface area contributed by atoms with Crippen molar-refractivity contribution in [3.8, 4) is 11.4 Å². The molecule has 9 heteroatoms. The zero-order valence-electron chi connectivity index (χ0n) is 17.8. The number of nitrogens with zero attached hydrogens (tertiary/aromatic N) is 2. The number of carbonyl (C=O) groups is 2. The second-order valence-corrected chi connectivity index (χ2v) is 6.80. The summed E-state index contributed by atoms with van der Waals surface area (Å²) >= 11 is 0. The largest absolute Gasteiger partial charge is 0.465 e. The number of aromatic nitrogens is 2. The van der Waals surface area contributed by atoms with E-state index >= 15 is 0 Å². The summed E-state index contributed by atoms with van der Waals surface area (Å²) in [7, 11) is 0. The van der Waals surface area contributed by atoms with Crippen molar-refractivity contribution in [3.63, 3.8) is 0 Å². The maximum atomic E-state index is 11.9. The van der Waals surface area contributed by atoms with Crippen LogP contribution in [-0.2, 0) is 9.59 Å². The van der Waals surface area contributed by atoms with Crippen LogP contribution in [0.15, 0.2) is 65.3 Å². The van der Waals surface area contributed by atoms with Crippen LogP contribution >= 0.6 is 0 Å². The second-order valence-electron chi connectivity index (χ2n) is 6.80. The Kier molecular flexibility index (Phi) is 8.38. The van der Waals surface area contributed by atoms with E-state index < -0.39 is 0 Å². The van der Waals surface area contributed by atoms with Crippen LogP contribution < -0.4 is 21.3 Å². The molecule has 9 nitrogen and oxygen atoms in total. The minimum Gasteiger partial charge on any atom is -0.465 e. The Balaban J connectivity index is 1.57. The van der Waals surface area contributed by atoms with Gasteiger partial charge < -0.3 is 25.7 Å². The SMILES string of the molecule is CC(=O)NCCNc1cc(NCCNC(=O)/C=C/c2ccco2)nc(-c2ccccc2)n1. The highest BCUT2D eigenvalue weighted by Gasteiger charge is 2.07. The highest BCUT2D eigenvalue weighted by molar-refractivity contribution is 5.91. The van der Waals surface area contributed by atoms with Crippen molar-refractivity contribution < 1.29 is 14.0 Å². The summed E-state index contributed by atoms with van der Waals surface area (Å²) in [6, 6.07) is 15.0. The first-order chi connectivity index (χ1) is 15.6. The van der Waals surface area contributed by atoms with E-state index in [0.29, 0.717) is 49.4 Å². The molecule has 4 N–H and O–H groups in total. The molecule has 2 amide bonds. The van der Waals surface area contributed by atoms with Gasteiger partial charge in [-0.25, -0.2) is 9.97 Å². The van der Waals surface area contributed by atoms with E-state index in [2.05, 4.69) is 31.2 Å². The van der Waals surface area contributed by atoms with Gasteiger partial charge in [-0.15, -0.1) is 0 Å². The Morgan fingerprint density at radius 2 is 1.59 bits per heavy atom. The maximum absolute atomic E-state index is 11.9. The molecule has 2 aromatic heterocycles. The van der Waals surface area contributed by atoms with Gasteiger partial charge in [-0.05, 0) is 18.2 Å². The monoisotopic (exact) mass is 434 g/mol. The highest BCUT2D eigenvalue weighted by Crippen LogP contribution is 2.19. The lowest BCUT2D eigenvalue weighted by Crippen LogP contribution is -2.27. The van der Waals surface area contributed by atoms with Crippen LogP contribution in [-0.4, -0.2) is 48.0 Å². The molecule has 166 valence electrons. The maximum Gasteiger partial charge on any atom is 0.244 e. The number of nitrogens with one attached hydrogen (secondary N) is 4. The Hall–Kier alpha value is -4.14. The summed E-state index contributed by atoms with van der Waals surface area (Å²) in [6.07, 6.45) is 4.59. The Morgan fingerprint density at radius 3 is 2.22 bits per heavy atom. The zero-order valence-corrected chi connectivity index (χ0v) is 17.8. The molecule has 0 unspecified atom stereocenters. The van der Waals surface area contributed by atoms with E-state index in [0.717, 1.165) is 5.56 Å². The number of hydrogen-bond donors (Lipinski definition) is 4. The van der Waals surface area contributed by atoms with Crippen molar-refractivity contribution >= 4 is 29.5 Å². The van der Waals surface area contributed by atoms with E-state index in [1.807, 2.05) is 30.3 Å². The molecule has 0 spiro atoms. The van der Waals surface area contributed by atoms with E-state index in [4.69, 9.17) is 4.42 Å². The summed E-state index contributed by atoms with van der Waals surface area (Å²) in [5, 5.41) is 11.9. The molecule has 0 aliphatic rings. The van der Waals surface area contributed by atoms with Crippen LogP contribution in [0.3, 0.4) is 0 Å². The number of carbonyl (C=O) groups excluding carboxylic acids is 2. The normalized spacial score (nSPS) is 10.7. The van der Waals surface area contributed by atoms with Crippen molar-refractivity contribution in [2.75, 3.05) is 36.8 Å². The van der Waals surface area contributed by atoms with E-state index in [1.165, 1.54) is 13.0 Å². The number of benzene rings is 1. The van der Waals surface area contributed by atoms with Crippen LogP contribution in [0.5, 0.6) is 0 Å². The molecule has 3 rings (SSSR count). The molecule has 0 bridgehead atoms. The number of amides is 2. The Morgan fingerprint density at radius 1 is 0.906 bits per heavy atom. The fraction of sp³-hybridized carbons (Fsp3) is 0.217. The lowest BCUT2D eigenvalue weighted by Gasteiger charge is -2.12. The van der Waals surface area contributed by atoms with Gasteiger partial charge in [0.25, 0.3) is 0 Å². The van der Waals surface area contributed by atoms with Gasteiger partial charge >= 0.3 is 0 Å². The molecule has 2 heterocycles. The van der Waals surface area contributed by atoms with E-state index in [-0.39, 0.29) is 11.8 Å². The minimum absolute atomic E-state index is 0.0807. The van der Waals surface area contributed by atoms with E-state index in [1.54, 1.807) is 30.5 Å². The van der Waals surface area contributed by atoms with Crippen molar-refractivity contribution in [1.29, 1.82) is 0 Å². The van der Waals surface area contributed by atoms with Gasteiger partial charge in [-0.2, -0.15) is 0 Å². The minimum atomic E-state index is -0.212. The number of anilines is 2. The van der Waals surface area contributed by atoms with Crippen molar-refractivity contribution in [1.82, 2.24) is 20.6 Å². The number of rotatable bonds is 11. The Labute approximate surface area is 186 Å². The van der Waals surface area contributed by atoms with Gasteiger partial charge in [0.05, 0.1) is 6.26 Å². The van der Waals surface area contributed by atoms with E-state index in [9.17, 15) is 9.59 Å². The molecule has 0 saturated heterocycles. The topological polar surface area (TPSA) is 121 Å². The summed E-state index contributed by atoms with van der Waals surface area (Å²) < 4.78 is 5.15. The molecular weight excluding hydrogens is 408 g/mol. The quantitative estimate of drug-likeness (QED) is 0.270. The van der Waals surface area contributed by atoms with Crippen LogP contribution in [0.2, 0.25) is 0 Å². The van der Waals surface area contributed by atoms with Gasteiger partial charge in [-0.3, -0.25) is 9.59 Å². The van der Waals surface area contributed by atoms with Crippen molar-refractivity contribution in [2.24, 2.45) is 0 Å². The smallest absolute Gasteiger partial charge is 0.244 e. The zero-order chi connectivity index (χ0) is 22.6. The summed E-state index contributed by atoms with van der Waals surface area (Å²) in [5.41, 5.74) is 0.887. The average Bonchev–Trinajstić information content (AvgIpc) is 3.32. The summed E-state index contributed by atoms with van der Waals surface area (Å²) in [6.45, 7) is 3.39. The third kappa shape index (κ3) is 7.60. The van der Waals surface area contributed by atoms with Crippen LogP contribution in [0.1, 0.15) is 12.7 Å². The second kappa shape index (κ2) is 11.9. The first kappa shape index (κ1) is 22.5. The molecule has 32 heavy (non-hydrogen) atoms. The van der Waals surface area contributed by atoms with Gasteiger partial charge in [0.15, 0.2) is 5.82 Å².